The molecule has 0 radical (unpaired) electrons. The number of thiocarbonyl (C=S) groups is 1. The van der Waals surface area contributed by atoms with E-state index in [0.717, 1.165) is 0 Å². The molecule has 0 saturated heterocycles. The third-order valence-corrected chi connectivity index (χ3v) is 3.13. The van der Waals surface area contributed by atoms with E-state index < -0.39 is 0 Å². The van der Waals surface area contributed by atoms with Crippen LogP contribution in [0.4, 0.5) is 5.69 Å². The maximum absolute atomic E-state index is 11.9. The van der Waals surface area contributed by atoms with E-state index in [1.807, 2.05) is 0 Å². The van der Waals surface area contributed by atoms with Crippen LogP contribution in [0.3, 0.4) is 0 Å². The van der Waals surface area contributed by atoms with Crippen molar-refractivity contribution >= 4 is 34.8 Å². The molecule has 1 aromatic carbocycles. The molecule has 0 spiro atoms. The van der Waals surface area contributed by atoms with Gasteiger partial charge < -0.3 is 15.0 Å². The second-order valence-electron chi connectivity index (χ2n) is 4.08. The van der Waals surface area contributed by atoms with Gasteiger partial charge in [-0.3, -0.25) is 20.4 Å². The normalized spacial score (nSPS) is 13.1. The number of hydrogen-bond acceptors (Lipinski definition) is 4. The molecule has 0 fully saturated rings. The third kappa shape index (κ3) is 2.80. The summed E-state index contributed by atoms with van der Waals surface area (Å²) in [6.07, 6.45) is 0. The molecule has 1 aromatic rings. The number of hydrogen-bond donors (Lipinski definition) is 3. The number of anilines is 1. The SMILES string of the molecule is CNC(=S)NNC(=O)c1ccc2c(c1)N(C)C(=O)CO2. The van der Waals surface area contributed by atoms with Crippen LogP contribution < -0.4 is 25.8 Å². The molecule has 3 N–H and O–H groups in total. The first kappa shape index (κ1) is 14.1. The lowest BCUT2D eigenvalue weighted by Gasteiger charge is -2.26. The van der Waals surface area contributed by atoms with Crippen LogP contribution in [0.2, 0.25) is 0 Å². The minimum Gasteiger partial charge on any atom is -0.482 e. The number of fused-ring (bicyclic) bond motifs is 1. The lowest BCUT2D eigenvalue weighted by atomic mass is 10.1. The number of amides is 2. The van der Waals surface area contributed by atoms with Crippen molar-refractivity contribution in [1.29, 1.82) is 0 Å². The predicted molar refractivity (Wildman–Crippen MR) is 77.6 cm³/mol. The summed E-state index contributed by atoms with van der Waals surface area (Å²) in [6, 6.07) is 4.86. The number of carbonyl (C=O) groups is 2. The molecule has 0 saturated carbocycles. The first-order valence-electron chi connectivity index (χ1n) is 5.84. The molecule has 7 nitrogen and oxygen atoms in total. The smallest absolute Gasteiger partial charge is 0.269 e. The van der Waals surface area contributed by atoms with Gasteiger partial charge in [-0.1, -0.05) is 0 Å². The number of benzene rings is 1. The summed E-state index contributed by atoms with van der Waals surface area (Å²) < 4.78 is 5.29. The number of likely N-dealkylation sites (N-methyl/N-ethyl adjacent to an activating group) is 1. The zero-order valence-electron chi connectivity index (χ0n) is 11.0. The van der Waals surface area contributed by atoms with Gasteiger partial charge in [0, 0.05) is 19.7 Å². The molecule has 0 bridgehead atoms. The zero-order valence-corrected chi connectivity index (χ0v) is 11.8. The van der Waals surface area contributed by atoms with Gasteiger partial charge in [0.25, 0.3) is 11.8 Å². The highest BCUT2D eigenvalue weighted by molar-refractivity contribution is 7.80. The maximum Gasteiger partial charge on any atom is 0.269 e. The molecular formula is C12H14N4O3S. The lowest BCUT2D eigenvalue weighted by molar-refractivity contribution is -0.120. The zero-order chi connectivity index (χ0) is 14.7. The highest BCUT2D eigenvalue weighted by Crippen LogP contribution is 2.31. The van der Waals surface area contributed by atoms with Crippen molar-refractivity contribution in [2.24, 2.45) is 0 Å². The van der Waals surface area contributed by atoms with Crippen LogP contribution in [0.5, 0.6) is 5.75 Å². The maximum atomic E-state index is 11.9. The fourth-order valence-electron chi connectivity index (χ4n) is 1.66. The summed E-state index contributed by atoms with van der Waals surface area (Å²) in [4.78, 5) is 24.9. The molecule has 0 unspecified atom stereocenters. The average Bonchev–Trinajstić information content (AvgIpc) is 2.48. The first-order chi connectivity index (χ1) is 9.52. The molecule has 2 amide bonds. The number of ether oxygens (including phenoxy) is 1. The Labute approximate surface area is 121 Å². The summed E-state index contributed by atoms with van der Waals surface area (Å²) >= 11 is 4.85. The lowest BCUT2D eigenvalue weighted by Crippen LogP contribution is -2.45. The van der Waals surface area contributed by atoms with Crippen LogP contribution in [0, 0.1) is 0 Å². The summed E-state index contributed by atoms with van der Waals surface area (Å²) in [5.74, 6) is 0.0451. The van der Waals surface area contributed by atoms with Crippen molar-refractivity contribution in [3.05, 3.63) is 23.8 Å². The topological polar surface area (TPSA) is 82.7 Å². The Morgan fingerprint density at radius 3 is 2.85 bits per heavy atom. The van der Waals surface area contributed by atoms with E-state index >= 15 is 0 Å². The average molecular weight is 294 g/mol. The van der Waals surface area contributed by atoms with Crippen LogP contribution in [0.25, 0.3) is 0 Å². The number of rotatable bonds is 1. The van der Waals surface area contributed by atoms with E-state index in [1.165, 1.54) is 4.90 Å². The van der Waals surface area contributed by atoms with Gasteiger partial charge in [-0.25, -0.2) is 0 Å². The van der Waals surface area contributed by atoms with Gasteiger partial charge in [-0.05, 0) is 30.4 Å². The Morgan fingerprint density at radius 2 is 2.15 bits per heavy atom. The first-order valence-corrected chi connectivity index (χ1v) is 6.25. The third-order valence-electron chi connectivity index (χ3n) is 2.82. The summed E-state index contributed by atoms with van der Waals surface area (Å²) in [6.45, 7) is 0.00698. The summed E-state index contributed by atoms with van der Waals surface area (Å²) in [5.41, 5.74) is 5.93. The van der Waals surface area contributed by atoms with Crippen molar-refractivity contribution in [3.8, 4) is 5.75 Å². The van der Waals surface area contributed by atoms with E-state index in [1.54, 1.807) is 32.3 Å². The van der Waals surface area contributed by atoms with Crippen molar-refractivity contribution in [2.75, 3.05) is 25.6 Å². The van der Waals surface area contributed by atoms with Gasteiger partial charge in [0.05, 0.1) is 5.69 Å². The van der Waals surface area contributed by atoms with Gasteiger partial charge in [0.1, 0.15) is 5.75 Å². The van der Waals surface area contributed by atoms with E-state index in [4.69, 9.17) is 17.0 Å². The number of carbonyl (C=O) groups excluding carboxylic acids is 2. The molecule has 0 aromatic heterocycles. The van der Waals surface area contributed by atoms with E-state index in [-0.39, 0.29) is 18.4 Å². The van der Waals surface area contributed by atoms with E-state index in [0.29, 0.717) is 22.1 Å². The summed E-state index contributed by atoms with van der Waals surface area (Å²) in [5, 5.41) is 2.97. The second-order valence-corrected chi connectivity index (χ2v) is 4.49. The minimum absolute atomic E-state index is 0.00698. The van der Waals surface area contributed by atoms with Gasteiger partial charge in [0.15, 0.2) is 11.7 Å². The van der Waals surface area contributed by atoms with Crippen LogP contribution in [-0.2, 0) is 4.79 Å². The monoisotopic (exact) mass is 294 g/mol. The Balaban J connectivity index is 2.16. The van der Waals surface area contributed by atoms with Gasteiger partial charge in [0.2, 0.25) is 0 Å². The molecule has 0 aliphatic carbocycles. The fourth-order valence-corrected chi connectivity index (χ4v) is 1.71. The largest absolute Gasteiger partial charge is 0.482 e. The number of nitrogens with zero attached hydrogens (tertiary/aromatic N) is 1. The molecule has 1 heterocycles. The quantitative estimate of drug-likeness (QED) is 0.491. The number of hydrazine groups is 1. The van der Waals surface area contributed by atoms with Crippen molar-refractivity contribution in [3.63, 3.8) is 0 Å². The summed E-state index contributed by atoms with van der Waals surface area (Å²) in [7, 11) is 3.28. The molecule has 2 rings (SSSR count). The molecule has 8 heteroatoms. The minimum atomic E-state index is -0.364. The van der Waals surface area contributed by atoms with Crippen molar-refractivity contribution in [2.45, 2.75) is 0 Å². The Bertz CT molecular complexity index is 576. The fraction of sp³-hybridized carbons (Fsp3) is 0.250. The van der Waals surface area contributed by atoms with Gasteiger partial charge in [-0.15, -0.1) is 0 Å². The molecule has 0 atom stereocenters. The van der Waals surface area contributed by atoms with Gasteiger partial charge in [-0.2, -0.15) is 0 Å². The van der Waals surface area contributed by atoms with E-state index in [9.17, 15) is 9.59 Å². The molecular weight excluding hydrogens is 280 g/mol. The molecule has 20 heavy (non-hydrogen) atoms. The van der Waals surface area contributed by atoms with Crippen LogP contribution in [0.15, 0.2) is 18.2 Å². The highest BCUT2D eigenvalue weighted by Gasteiger charge is 2.23. The molecule has 1 aliphatic rings. The van der Waals surface area contributed by atoms with Crippen LogP contribution in [-0.4, -0.2) is 37.6 Å². The predicted octanol–water partition coefficient (Wildman–Crippen LogP) is -0.220. The van der Waals surface area contributed by atoms with Crippen LogP contribution >= 0.6 is 12.2 Å². The highest BCUT2D eigenvalue weighted by atomic mass is 32.1. The Morgan fingerprint density at radius 1 is 1.40 bits per heavy atom. The standard InChI is InChI=1S/C12H14N4O3S/c1-13-12(20)15-14-11(18)7-3-4-9-8(5-7)16(2)10(17)6-19-9/h3-5H,6H2,1-2H3,(H,14,18)(H2,13,15,20). The molecule has 1 aliphatic heterocycles. The number of nitrogens with one attached hydrogen (secondary N) is 3. The van der Waals surface area contributed by atoms with Crippen LogP contribution in [0.1, 0.15) is 10.4 Å². The Hall–Kier alpha value is -2.35. The Kier molecular flexibility index (Phi) is 4.04. The second kappa shape index (κ2) is 5.74. The van der Waals surface area contributed by atoms with E-state index in [2.05, 4.69) is 16.2 Å². The molecule has 106 valence electrons. The van der Waals surface area contributed by atoms with Crippen molar-refractivity contribution < 1.29 is 14.3 Å². The van der Waals surface area contributed by atoms with Gasteiger partial charge >= 0.3 is 0 Å². The van der Waals surface area contributed by atoms with Crippen molar-refractivity contribution in [1.82, 2.24) is 16.2 Å².